The summed E-state index contributed by atoms with van der Waals surface area (Å²) in [6.07, 6.45) is 0.335. The van der Waals surface area contributed by atoms with Gasteiger partial charge in [-0.1, -0.05) is 67.9 Å². The zero-order valence-corrected chi connectivity index (χ0v) is 19.7. The molecule has 0 spiro atoms. The van der Waals surface area contributed by atoms with E-state index in [-0.39, 0.29) is 18.1 Å². The van der Waals surface area contributed by atoms with Crippen LogP contribution in [0.5, 0.6) is 0 Å². The van der Waals surface area contributed by atoms with Crippen molar-refractivity contribution in [1.82, 2.24) is 5.32 Å². The molecule has 1 atom stereocenters. The summed E-state index contributed by atoms with van der Waals surface area (Å²) in [6, 6.07) is 22.1. The number of benzene rings is 3. The van der Waals surface area contributed by atoms with Gasteiger partial charge >= 0.3 is 12.1 Å². The minimum absolute atomic E-state index is 0.0597. The summed E-state index contributed by atoms with van der Waals surface area (Å²) in [6.45, 7) is 3.69. The molecule has 3 aromatic carbocycles. The summed E-state index contributed by atoms with van der Waals surface area (Å²) in [5, 5.41) is 14.6. The predicted octanol–water partition coefficient (Wildman–Crippen LogP) is 5.42. The van der Waals surface area contributed by atoms with Crippen LogP contribution in [0.3, 0.4) is 0 Å². The molecule has 3 N–H and O–H groups in total. The second-order valence-electron chi connectivity index (χ2n) is 8.87. The van der Waals surface area contributed by atoms with Crippen LogP contribution in [0.2, 0.25) is 0 Å². The molecular weight excluding hydrogens is 444 g/mol. The smallest absolute Gasteiger partial charge is 0.408 e. The molecule has 0 fully saturated rings. The topological polar surface area (TPSA) is 105 Å². The van der Waals surface area contributed by atoms with Crippen LogP contribution >= 0.6 is 0 Å². The van der Waals surface area contributed by atoms with Gasteiger partial charge in [-0.15, -0.1) is 0 Å². The Hall–Kier alpha value is -4.13. The first-order valence-corrected chi connectivity index (χ1v) is 11.6. The Kier molecular flexibility index (Phi) is 6.87. The molecule has 180 valence electrons. The van der Waals surface area contributed by atoms with Crippen molar-refractivity contribution in [2.75, 3.05) is 11.9 Å². The molecular formula is C28H28N2O5. The molecule has 0 heterocycles. The fourth-order valence-electron chi connectivity index (χ4n) is 4.59. The number of carboxylic acids is 1. The van der Waals surface area contributed by atoms with E-state index in [4.69, 9.17) is 4.74 Å². The van der Waals surface area contributed by atoms with Gasteiger partial charge < -0.3 is 20.5 Å². The highest BCUT2D eigenvalue weighted by Crippen LogP contribution is 2.44. The summed E-state index contributed by atoms with van der Waals surface area (Å²) in [4.78, 5) is 37.2. The van der Waals surface area contributed by atoms with Crippen LogP contribution < -0.4 is 10.6 Å². The molecule has 4 rings (SSSR count). The largest absolute Gasteiger partial charge is 0.478 e. The lowest BCUT2D eigenvalue weighted by atomic mass is 9.95. The van der Waals surface area contributed by atoms with E-state index in [1.165, 1.54) is 12.1 Å². The van der Waals surface area contributed by atoms with Crippen LogP contribution in [0.4, 0.5) is 10.5 Å². The summed E-state index contributed by atoms with van der Waals surface area (Å²) >= 11 is 0. The number of fused-ring (bicyclic) bond motifs is 3. The third-order valence-electron chi connectivity index (χ3n) is 6.34. The highest BCUT2D eigenvalue weighted by molar-refractivity contribution is 6.00. The van der Waals surface area contributed by atoms with Gasteiger partial charge in [0.25, 0.3) is 0 Å². The van der Waals surface area contributed by atoms with Crippen molar-refractivity contribution in [3.63, 3.8) is 0 Å². The minimum Gasteiger partial charge on any atom is -0.478 e. The highest BCUT2D eigenvalue weighted by Gasteiger charge is 2.36. The number of hydrogen-bond donors (Lipinski definition) is 3. The summed E-state index contributed by atoms with van der Waals surface area (Å²) in [5.74, 6) is -1.62. The third kappa shape index (κ3) is 5.04. The SMILES string of the molecule is CCCC(C)(NC(=O)OCC1c2ccccc2-c2ccccc21)C(=O)Nc1cccc(C(=O)O)c1. The van der Waals surface area contributed by atoms with E-state index in [2.05, 4.69) is 22.8 Å². The molecule has 0 saturated heterocycles. The molecule has 0 radical (unpaired) electrons. The second-order valence-corrected chi connectivity index (χ2v) is 8.87. The quantitative estimate of drug-likeness (QED) is 0.406. The van der Waals surface area contributed by atoms with E-state index in [9.17, 15) is 19.5 Å². The molecule has 3 aromatic rings. The van der Waals surface area contributed by atoms with E-state index in [0.29, 0.717) is 18.5 Å². The number of amides is 2. The second kappa shape index (κ2) is 10.0. The molecule has 0 aromatic heterocycles. The van der Waals surface area contributed by atoms with Gasteiger partial charge in [-0.2, -0.15) is 0 Å². The van der Waals surface area contributed by atoms with Gasteiger partial charge in [0.15, 0.2) is 0 Å². The average molecular weight is 473 g/mol. The molecule has 7 nitrogen and oxygen atoms in total. The Labute approximate surface area is 204 Å². The van der Waals surface area contributed by atoms with E-state index in [1.807, 2.05) is 43.3 Å². The van der Waals surface area contributed by atoms with E-state index >= 15 is 0 Å². The van der Waals surface area contributed by atoms with Gasteiger partial charge in [-0.25, -0.2) is 9.59 Å². The van der Waals surface area contributed by atoms with E-state index in [1.54, 1.807) is 19.1 Å². The van der Waals surface area contributed by atoms with Gasteiger partial charge in [0, 0.05) is 11.6 Å². The maximum Gasteiger partial charge on any atom is 0.408 e. The molecule has 1 unspecified atom stereocenters. The zero-order valence-electron chi connectivity index (χ0n) is 19.7. The molecule has 0 aliphatic heterocycles. The van der Waals surface area contributed by atoms with Crippen LogP contribution in [-0.4, -0.2) is 35.2 Å². The van der Waals surface area contributed by atoms with Gasteiger partial charge in [-0.3, -0.25) is 4.79 Å². The Morgan fingerprint density at radius 3 is 2.17 bits per heavy atom. The van der Waals surface area contributed by atoms with Gasteiger partial charge in [0.05, 0.1) is 5.56 Å². The number of rotatable bonds is 8. The van der Waals surface area contributed by atoms with Crippen molar-refractivity contribution >= 4 is 23.7 Å². The molecule has 0 saturated carbocycles. The first-order valence-electron chi connectivity index (χ1n) is 11.6. The Morgan fingerprint density at radius 2 is 1.57 bits per heavy atom. The molecule has 1 aliphatic rings. The zero-order chi connectivity index (χ0) is 25.0. The van der Waals surface area contributed by atoms with Crippen LogP contribution in [0.25, 0.3) is 11.1 Å². The maximum absolute atomic E-state index is 13.1. The number of carboxylic acid groups (broad SMARTS) is 1. The van der Waals surface area contributed by atoms with E-state index in [0.717, 1.165) is 22.3 Å². The van der Waals surface area contributed by atoms with Crippen LogP contribution in [0.15, 0.2) is 72.8 Å². The van der Waals surface area contributed by atoms with Gasteiger partial charge in [0.2, 0.25) is 5.91 Å². The molecule has 1 aliphatic carbocycles. The van der Waals surface area contributed by atoms with Crippen molar-refractivity contribution in [3.05, 3.63) is 89.5 Å². The first-order chi connectivity index (χ1) is 16.8. The Morgan fingerprint density at radius 1 is 0.943 bits per heavy atom. The molecule has 7 heteroatoms. The molecule has 2 amide bonds. The van der Waals surface area contributed by atoms with Crippen molar-refractivity contribution in [3.8, 4) is 11.1 Å². The lowest BCUT2D eigenvalue weighted by Crippen LogP contribution is -2.54. The number of carbonyl (C=O) groups excluding carboxylic acids is 2. The number of aromatic carboxylic acids is 1. The number of anilines is 1. The van der Waals surface area contributed by atoms with Gasteiger partial charge in [0.1, 0.15) is 12.1 Å². The third-order valence-corrected chi connectivity index (χ3v) is 6.34. The highest BCUT2D eigenvalue weighted by atomic mass is 16.5. The Bertz CT molecular complexity index is 1230. The fraction of sp³-hybridized carbons (Fsp3) is 0.250. The number of nitrogens with one attached hydrogen (secondary N) is 2. The summed E-state index contributed by atoms with van der Waals surface area (Å²) in [7, 11) is 0. The Balaban J connectivity index is 1.45. The fourth-order valence-corrected chi connectivity index (χ4v) is 4.59. The molecule has 0 bridgehead atoms. The lowest BCUT2D eigenvalue weighted by molar-refractivity contribution is -0.122. The number of ether oxygens (including phenoxy) is 1. The average Bonchev–Trinajstić information content (AvgIpc) is 3.16. The standard InChI is InChI=1S/C28H28N2O5/c1-3-15-28(2,26(33)29-19-10-8-9-18(16-19)25(31)32)30-27(34)35-17-24-22-13-6-4-11-20(22)21-12-5-7-14-23(21)24/h4-14,16,24H,3,15,17H2,1-2H3,(H,29,33)(H,30,34)(H,31,32). The van der Waals surface area contributed by atoms with E-state index < -0.39 is 23.5 Å². The van der Waals surface area contributed by atoms with Crippen molar-refractivity contribution in [2.24, 2.45) is 0 Å². The molecule has 35 heavy (non-hydrogen) atoms. The minimum atomic E-state index is -1.24. The maximum atomic E-state index is 13.1. The monoisotopic (exact) mass is 472 g/mol. The normalized spacial score (nSPS) is 13.8. The number of carbonyl (C=O) groups is 3. The van der Waals surface area contributed by atoms with Crippen LogP contribution in [0.1, 0.15) is 54.1 Å². The van der Waals surface area contributed by atoms with Crippen molar-refractivity contribution < 1.29 is 24.2 Å². The first kappa shape index (κ1) is 24.0. The predicted molar refractivity (Wildman–Crippen MR) is 134 cm³/mol. The number of alkyl carbamates (subject to hydrolysis) is 1. The lowest BCUT2D eigenvalue weighted by Gasteiger charge is -2.29. The number of hydrogen-bond acceptors (Lipinski definition) is 4. The van der Waals surface area contributed by atoms with Crippen molar-refractivity contribution in [1.29, 1.82) is 0 Å². The summed E-state index contributed by atoms with van der Waals surface area (Å²) < 4.78 is 5.62. The summed E-state index contributed by atoms with van der Waals surface area (Å²) in [5.41, 5.74) is 3.64. The van der Waals surface area contributed by atoms with Crippen LogP contribution in [-0.2, 0) is 9.53 Å². The van der Waals surface area contributed by atoms with Gasteiger partial charge in [-0.05, 0) is 53.8 Å². The van der Waals surface area contributed by atoms with Crippen LogP contribution in [0, 0.1) is 0 Å². The van der Waals surface area contributed by atoms with Crippen molar-refractivity contribution in [2.45, 2.75) is 38.1 Å².